The highest BCUT2D eigenvalue weighted by Crippen LogP contribution is 2.34. The van der Waals surface area contributed by atoms with Gasteiger partial charge in [-0.15, -0.1) is 22.7 Å². The number of anilines is 1. The summed E-state index contributed by atoms with van der Waals surface area (Å²) >= 11 is 10.3. The fourth-order valence-corrected chi connectivity index (χ4v) is 5.48. The molecule has 1 N–H and O–H groups in total. The number of thiazole rings is 2. The van der Waals surface area contributed by atoms with Crippen LogP contribution in [-0.2, 0) is 4.79 Å². The lowest BCUT2D eigenvalue weighted by molar-refractivity contribution is -0.115. The van der Waals surface area contributed by atoms with Crippen molar-refractivity contribution in [2.24, 2.45) is 4.99 Å². The molecular weight excluding hydrogens is 463 g/mol. The molecule has 4 rings (SSSR count). The summed E-state index contributed by atoms with van der Waals surface area (Å²) in [6, 6.07) is 10.0. The topological polar surface area (TPSA) is 67.2 Å². The van der Waals surface area contributed by atoms with E-state index < -0.39 is 5.82 Å². The van der Waals surface area contributed by atoms with Crippen LogP contribution in [0, 0.1) is 5.82 Å². The number of hydrogen-bond donors (Lipinski definition) is 1. The third-order valence-corrected chi connectivity index (χ3v) is 7.23. The Bertz CT molecular complexity index is 1210. The van der Waals surface area contributed by atoms with Crippen LogP contribution >= 0.6 is 46.0 Å². The lowest BCUT2D eigenvalue weighted by atomic mass is 10.2. The summed E-state index contributed by atoms with van der Waals surface area (Å²) in [6.07, 6.45) is 3.06. The molecule has 0 aliphatic carbocycles. The minimum Gasteiger partial charge on any atom is -0.301 e. The van der Waals surface area contributed by atoms with Crippen molar-refractivity contribution in [3.63, 3.8) is 0 Å². The smallest absolute Gasteiger partial charge is 0.239 e. The van der Waals surface area contributed by atoms with Gasteiger partial charge < -0.3 is 5.32 Å². The highest BCUT2D eigenvalue weighted by Gasteiger charge is 2.18. The van der Waals surface area contributed by atoms with Crippen molar-refractivity contribution in [2.45, 2.75) is 16.5 Å². The number of rotatable bonds is 6. The van der Waals surface area contributed by atoms with Crippen molar-refractivity contribution in [3.8, 4) is 0 Å². The maximum absolute atomic E-state index is 13.9. The average molecular weight is 477 g/mol. The van der Waals surface area contributed by atoms with Crippen LogP contribution in [0.25, 0.3) is 10.2 Å². The van der Waals surface area contributed by atoms with Crippen molar-refractivity contribution in [2.75, 3.05) is 5.32 Å². The van der Waals surface area contributed by atoms with E-state index >= 15 is 0 Å². The van der Waals surface area contributed by atoms with Gasteiger partial charge in [0.2, 0.25) is 5.91 Å². The summed E-state index contributed by atoms with van der Waals surface area (Å²) in [4.78, 5) is 25.3. The first-order chi connectivity index (χ1) is 14.5. The van der Waals surface area contributed by atoms with E-state index in [2.05, 4.69) is 20.3 Å². The van der Waals surface area contributed by atoms with Gasteiger partial charge in [-0.3, -0.25) is 9.79 Å². The number of carbonyl (C=O) groups is 1. The number of benzene rings is 2. The van der Waals surface area contributed by atoms with Gasteiger partial charge in [-0.1, -0.05) is 29.4 Å². The summed E-state index contributed by atoms with van der Waals surface area (Å²) in [5.41, 5.74) is 1.73. The van der Waals surface area contributed by atoms with E-state index in [9.17, 15) is 9.18 Å². The standard InChI is InChI=1S/C20H14ClFN4OS3/c1-11(18(27)26-19-23-7-8-28-19)29-20-25-16-6-5-12(9-17(16)30-20)24-10-13-14(21)3-2-4-15(13)22/h2-11H,1H3,(H,23,26,27)/t11-/m0/s1. The largest absolute Gasteiger partial charge is 0.301 e. The molecule has 0 bridgehead atoms. The Morgan fingerprint density at radius 1 is 1.37 bits per heavy atom. The number of fused-ring (bicyclic) bond motifs is 1. The van der Waals surface area contributed by atoms with Gasteiger partial charge in [0.1, 0.15) is 5.82 Å². The lowest BCUT2D eigenvalue weighted by Crippen LogP contribution is -2.22. The summed E-state index contributed by atoms with van der Waals surface area (Å²) in [6.45, 7) is 1.83. The summed E-state index contributed by atoms with van der Waals surface area (Å²) in [7, 11) is 0. The van der Waals surface area contributed by atoms with E-state index in [1.165, 1.54) is 46.7 Å². The van der Waals surface area contributed by atoms with Crippen LogP contribution in [0.5, 0.6) is 0 Å². The summed E-state index contributed by atoms with van der Waals surface area (Å²) < 4.78 is 15.6. The van der Waals surface area contributed by atoms with E-state index in [-0.39, 0.29) is 16.7 Å². The maximum atomic E-state index is 13.9. The van der Waals surface area contributed by atoms with E-state index in [1.54, 1.807) is 29.8 Å². The Labute approximate surface area is 189 Å². The van der Waals surface area contributed by atoms with Crippen molar-refractivity contribution < 1.29 is 9.18 Å². The molecule has 1 amide bonds. The molecule has 0 spiro atoms. The van der Waals surface area contributed by atoms with Crippen LogP contribution < -0.4 is 5.32 Å². The maximum Gasteiger partial charge on any atom is 0.239 e. The molecule has 0 unspecified atom stereocenters. The molecular formula is C20H14ClFN4OS3. The molecule has 0 saturated heterocycles. The quantitative estimate of drug-likeness (QED) is 0.257. The second-order valence-electron chi connectivity index (χ2n) is 6.11. The van der Waals surface area contributed by atoms with Gasteiger partial charge in [-0.2, -0.15) is 0 Å². The Balaban J connectivity index is 1.48. The third-order valence-electron chi connectivity index (χ3n) is 4.00. The van der Waals surface area contributed by atoms with Gasteiger partial charge in [0.05, 0.1) is 26.2 Å². The van der Waals surface area contributed by atoms with E-state index in [4.69, 9.17) is 11.6 Å². The minimum absolute atomic E-state index is 0.124. The fourth-order valence-electron chi connectivity index (χ4n) is 2.49. The number of hydrogen-bond acceptors (Lipinski definition) is 7. The van der Waals surface area contributed by atoms with Gasteiger partial charge in [-0.05, 0) is 37.3 Å². The first-order valence-electron chi connectivity index (χ1n) is 8.75. The number of aliphatic imine (C=N–C) groups is 1. The molecule has 5 nitrogen and oxygen atoms in total. The van der Waals surface area contributed by atoms with E-state index in [0.717, 1.165) is 14.6 Å². The first kappa shape index (κ1) is 20.9. The monoisotopic (exact) mass is 476 g/mol. The summed E-state index contributed by atoms with van der Waals surface area (Å²) in [5, 5.41) is 5.16. The van der Waals surface area contributed by atoms with E-state index in [1.807, 2.05) is 19.1 Å². The third kappa shape index (κ3) is 4.86. The molecule has 30 heavy (non-hydrogen) atoms. The van der Waals surface area contributed by atoms with Crippen LogP contribution in [0.4, 0.5) is 15.2 Å². The Hall–Kier alpha value is -2.33. The van der Waals surface area contributed by atoms with Crippen molar-refractivity contribution in [1.29, 1.82) is 0 Å². The van der Waals surface area contributed by atoms with Gasteiger partial charge in [-0.25, -0.2) is 14.4 Å². The Morgan fingerprint density at radius 3 is 3.00 bits per heavy atom. The molecule has 10 heteroatoms. The molecule has 2 heterocycles. The van der Waals surface area contributed by atoms with Crippen molar-refractivity contribution >= 4 is 79.2 Å². The van der Waals surface area contributed by atoms with Gasteiger partial charge >= 0.3 is 0 Å². The number of halogens is 2. The molecule has 4 aromatic rings. The van der Waals surface area contributed by atoms with Crippen LogP contribution in [0.2, 0.25) is 5.02 Å². The Morgan fingerprint density at radius 2 is 2.23 bits per heavy atom. The average Bonchev–Trinajstić information content (AvgIpc) is 3.36. The number of thioether (sulfide) groups is 1. The lowest BCUT2D eigenvalue weighted by Gasteiger charge is -2.07. The zero-order chi connectivity index (χ0) is 21.1. The molecule has 0 aliphatic rings. The number of nitrogens with one attached hydrogen (secondary N) is 1. The molecule has 0 aliphatic heterocycles. The van der Waals surface area contributed by atoms with Crippen LogP contribution in [-0.4, -0.2) is 27.3 Å². The number of amides is 1. The normalized spacial score (nSPS) is 12.5. The van der Waals surface area contributed by atoms with Crippen LogP contribution in [0.15, 0.2) is 57.3 Å². The molecule has 2 aromatic heterocycles. The van der Waals surface area contributed by atoms with E-state index in [0.29, 0.717) is 15.8 Å². The summed E-state index contributed by atoms with van der Waals surface area (Å²) in [5.74, 6) is -0.546. The van der Waals surface area contributed by atoms with Gasteiger partial charge in [0.25, 0.3) is 0 Å². The molecule has 0 fully saturated rings. The first-order valence-corrected chi connectivity index (χ1v) is 11.7. The second-order valence-corrected chi connectivity index (χ2v) is 10.0. The molecule has 2 aromatic carbocycles. The van der Waals surface area contributed by atoms with Crippen LogP contribution in [0.1, 0.15) is 12.5 Å². The number of nitrogens with zero attached hydrogens (tertiary/aromatic N) is 3. The van der Waals surface area contributed by atoms with Crippen molar-refractivity contribution in [1.82, 2.24) is 9.97 Å². The van der Waals surface area contributed by atoms with Crippen LogP contribution in [0.3, 0.4) is 0 Å². The zero-order valence-corrected chi connectivity index (χ0v) is 18.7. The zero-order valence-electron chi connectivity index (χ0n) is 15.5. The predicted octanol–water partition coefficient (Wildman–Crippen LogP) is 6.42. The molecule has 152 valence electrons. The fraction of sp³-hybridized carbons (Fsp3) is 0.100. The number of aromatic nitrogens is 2. The SMILES string of the molecule is C[C@H](Sc1nc2ccc(N=Cc3c(F)cccc3Cl)cc2s1)C(=O)Nc1nccs1. The molecule has 0 radical (unpaired) electrons. The van der Waals surface area contributed by atoms with Crippen molar-refractivity contribution in [3.05, 3.63) is 64.4 Å². The minimum atomic E-state index is -0.422. The highest BCUT2D eigenvalue weighted by molar-refractivity contribution is 8.02. The van der Waals surface area contributed by atoms with Gasteiger partial charge in [0.15, 0.2) is 9.47 Å². The van der Waals surface area contributed by atoms with Gasteiger partial charge in [0, 0.05) is 23.4 Å². The second kappa shape index (κ2) is 9.22. The highest BCUT2D eigenvalue weighted by atomic mass is 35.5. The Kier molecular flexibility index (Phi) is 6.43. The predicted molar refractivity (Wildman–Crippen MR) is 124 cm³/mol. The number of carbonyl (C=O) groups excluding carboxylic acids is 1. The molecule has 0 saturated carbocycles. The molecule has 1 atom stereocenters.